The predicted molar refractivity (Wildman–Crippen MR) is 84.0 cm³/mol. The van der Waals surface area contributed by atoms with Crippen LogP contribution in [0, 0.1) is 0 Å². The van der Waals surface area contributed by atoms with Crippen molar-refractivity contribution in [2.75, 3.05) is 39.9 Å². The molecule has 0 radical (unpaired) electrons. The highest BCUT2D eigenvalue weighted by molar-refractivity contribution is 5.93. The van der Waals surface area contributed by atoms with E-state index in [0.29, 0.717) is 17.5 Å². The van der Waals surface area contributed by atoms with Gasteiger partial charge in [-0.25, -0.2) is 4.98 Å². The molecular formula is C16H27N3O3. The highest BCUT2D eigenvalue weighted by atomic mass is 16.5. The molecule has 1 aromatic rings. The molecule has 1 atom stereocenters. The lowest BCUT2D eigenvalue weighted by molar-refractivity contribution is 0.0379. The van der Waals surface area contributed by atoms with Gasteiger partial charge < -0.3 is 14.1 Å². The number of rotatable bonds is 6. The summed E-state index contributed by atoms with van der Waals surface area (Å²) in [5.74, 6) is 0.827. The van der Waals surface area contributed by atoms with Gasteiger partial charge in [0, 0.05) is 45.2 Å². The van der Waals surface area contributed by atoms with Gasteiger partial charge in [-0.05, 0) is 6.42 Å². The van der Waals surface area contributed by atoms with Gasteiger partial charge in [-0.2, -0.15) is 0 Å². The Kier molecular flexibility index (Phi) is 5.97. The summed E-state index contributed by atoms with van der Waals surface area (Å²) in [5, 5.41) is 0. The second kappa shape index (κ2) is 7.74. The molecule has 0 aromatic carbocycles. The summed E-state index contributed by atoms with van der Waals surface area (Å²) in [6.07, 6.45) is 2.39. The fourth-order valence-corrected chi connectivity index (χ4v) is 2.94. The molecule has 0 N–H and O–H groups in total. The normalized spacial score (nSPS) is 19.9. The van der Waals surface area contributed by atoms with Gasteiger partial charge in [-0.1, -0.05) is 20.8 Å². The summed E-state index contributed by atoms with van der Waals surface area (Å²) in [5.41, 5.74) is 0.468. The van der Waals surface area contributed by atoms with Crippen LogP contribution in [0.3, 0.4) is 0 Å². The number of piperazine rings is 1. The molecule has 124 valence electrons. The number of oxazole rings is 1. The molecule has 2 rings (SSSR count). The van der Waals surface area contributed by atoms with E-state index in [9.17, 15) is 4.79 Å². The predicted octanol–water partition coefficient (Wildman–Crippen LogP) is 1.98. The molecular weight excluding hydrogens is 282 g/mol. The van der Waals surface area contributed by atoms with Crippen LogP contribution in [0.2, 0.25) is 0 Å². The monoisotopic (exact) mass is 309 g/mol. The Morgan fingerprint density at radius 2 is 2.27 bits per heavy atom. The van der Waals surface area contributed by atoms with E-state index >= 15 is 0 Å². The Labute approximate surface area is 132 Å². The van der Waals surface area contributed by atoms with Crippen LogP contribution in [0.4, 0.5) is 0 Å². The molecule has 0 spiro atoms. The maximum absolute atomic E-state index is 12.7. The second-order valence-corrected chi connectivity index (χ2v) is 6.06. The summed E-state index contributed by atoms with van der Waals surface area (Å²) in [6, 6.07) is 0.377. The third-order valence-corrected chi connectivity index (χ3v) is 4.27. The van der Waals surface area contributed by atoms with Crippen molar-refractivity contribution in [3.05, 3.63) is 17.8 Å². The molecule has 1 fully saturated rings. The van der Waals surface area contributed by atoms with E-state index in [4.69, 9.17) is 9.15 Å². The van der Waals surface area contributed by atoms with E-state index in [1.165, 1.54) is 6.39 Å². The van der Waals surface area contributed by atoms with Crippen LogP contribution in [-0.4, -0.2) is 66.6 Å². The minimum Gasteiger partial charge on any atom is -0.447 e. The number of aromatic nitrogens is 1. The minimum absolute atomic E-state index is 0.0118. The first-order valence-electron chi connectivity index (χ1n) is 8.04. The smallest absolute Gasteiger partial charge is 0.276 e. The first-order chi connectivity index (χ1) is 10.6. The Morgan fingerprint density at radius 3 is 2.91 bits per heavy atom. The molecule has 2 heterocycles. The van der Waals surface area contributed by atoms with Crippen molar-refractivity contribution in [1.29, 1.82) is 0 Å². The Morgan fingerprint density at radius 1 is 1.50 bits per heavy atom. The first kappa shape index (κ1) is 17.0. The van der Waals surface area contributed by atoms with Crippen LogP contribution in [-0.2, 0) is 4.74 Å². The molecule has 0 aliphatic carbocycles. The topological polar surface area (TPSA) is 58.8 Å². The Hall–Kier alpha value is -1.40. The van der Waals surface area contributed by atoms with Gasteiger partial charge in [0.15, 0.2) is 12.1 Å². The van der Waals surface area contributed by atoms with Crippen LogP contribution in [0.1, 0.15) is 49.4 Å². The number of ether oxygens (including phenoxy) is 1. The van der Waals surface area contributed by atoms with Crippen molar-refractivity contribution < 1.29 is 13.9 Å². The van der Waals surface area contributed by atoms with E-state index in [2.05, 4.69) is 16.8 Å². The first-order valence-corrected chi connectivity index (χ1v) is 8.04. The fraction of sp³-hybridized carbons (Fsp3) is 0.750. The van der Waals surface area contributed by atoms with Gasteiger partial charge in [0.25, 0.3) is 5.91 Å². The van der Waals surface area contributed by atoms with Crippen LogP contribution in [0.15, 0.2) is 10.8 Å². The van der Waals surface area contributed by atoms with Gasteiger partial charge in [-0.3, -0.25) is 9.69 Å². The zero-order chi connectivity index (χ0) is 16.1. The lowest BCUT2D eigenvalue weighted by Gasteiger charge is -2.41. The molecule has 1 saturated heterocycles. The summed E-state index contributed by atoms with van der Waals surface area (Å²) in [6.45, 7) is 10.2. The number of methoxy groups -OCH3 is 1. The van der Waals surface area contributed by atoms with E-state index < -0.39 is 0 Å². The molecule has 1 aliphatic rings. The number of carbonyl (C=O) groups is 1. The minimum atomic E-state index is -0.0118. The average Bonchev–Trinajstić information content (AvgIpc) is 3.01. The summed E-state index contributed by atoms with van der Waals surface area (Å²) >= 11 is 0. The van der Waals surface area contributed by atoms with Crippen molar-refractivity contribution >= 4 is 5.91 Å². The third-order valence-electron chi connectivity index (χ3n) is 4.27. The summed E-state index contributed by atoms with van der Waals surface area (Å²) in [7, 11) is 1.72. The zero-order valence-corrected chi connectivity index (χ0v) is 14.0. The Balaban J connectivity index is 2.04. The van der Waals surface area contributed by atoms with Gasteiger partial charge in [-0.15, -0.1) is 0 Å². The van der Waals surface area contributed by atoms with Crippen molar-refractivity contribution in [3.8, 4) is 0 Å². The van der Waals surface area contributed by atoms with Gasteiger partial charge in [0.1, 0.15) is 5.76 Å². The molecule has 1 aromatic heterocycles. The van der Waals surface area contributed by atoms with Crippen molar-refractivity contribution in [1.82, 2.24) is 14.8 Å². The number of nitrogens with zero attached hydrogens (tertiary/aromatic N) is 3. The second-order valence-electron chi connectivity index (χ2n) is 6.06. The number of hydrogen-bond donors (Lipinski definition) is 0. The molecule has 6 nitrogen and oxygen atoms in total. The molecule has 0 saturated carbocycles. The molecule has 22 heavy (non-hydrogen) atoms. The third kappa shape index (κ3) is 3.67. The zero-order valence-electron chi connectivity index (χ0n) is 14.0. The van der Waals surface area contributed by atoms with E-state index in [1.807, 2.05) is 18.7 Å². The lowest BCUT2D eigenvalue weighted by Crippen LogP contribution is -2.55. The van der Waals surface area contributed by atoms with Gasteiger partial charge in [0.05, 0.1) is 6.61 Å². The van der Waals surface area contributed by atoms with Crippen molar-refractivity contribution in [2.45, 2.75) is 39.2 Å². The number of carbonyl (C=O) groups excluding carboxylic acids is 1. The van der Waals surface area contributed by atoms with Gasteiger partial charge >= 0.3 is 0 Å². The highest BCUT2D eigenvalue weighted by Gasteiger charge is 2.31. The fourth-order valence-electron chi connectivity index (χ4n) is 2.94. The molecule has 1 aliphatic heterocycles. The van der Waals surface area contributed by atoms with E-state index in [-0.39, 0.29) is 11.8 Å². The molecule has 0 bridgehead atoms. The SMILES string of the molecule is CCC1CN(C(=O)c2ncoc2C(C)C)CCN1CCOC. The largest absolute Gasteiger partial charge is 0.447 e. The highest BCUT2D eigenvalue weighted by Crippen LogP contribution is 2.21. The summed E-state index contributed by atoms with van der Waals surface area (Å²) in [4.78, 5) is 21.2. The summed E-state index contributed by atoms with van der Waals surface area (Å²) < 4.78 is 10.5. The molecule has 1 unspecified atom stereocenters. The maximum Gasteiger partial charge on any atom is 0.276 e. The van der Waals surface area contributed by atoms with E-state index in [0.717, 1.165) is 39.2 Å². The van der Waals surface area contributed by atoms with Crippen molar-refractivity contribution in [3.63, 3.8) is 0 Å². The van der Waals surface area contributed by atoms with Crippen LogP contribution >= 0.6 is 0 Å². The molecule has 6 heteroatoms. The maximum atomic E-state index is 12.7. The number of hydrogen-bond acceptors (Lipinski definition) is 5. The van der Waals surface area contributed by atoms with Crippen LogP contribution in [0.25, 0.3) is 0 Å². The molecule has 1 amide bonds. The van der Waals surface area contributed by atoms with Crippen molar-refractivity contribution in [2.24, 2.45) is 0 Å². The number of amides is 1. The van der Waals surface area contributed by atoms with E-state index in [1.54, 1.807) is 7.11 Å². The van der Waals surface area contributed by atoms with Crippen LogP contribution in [0.5, 0.6) is 0 Å². The average molecular weight is 309 g/mol. The quantitative estimate of drug-likeness (QED) is 0.804. The Bertz CT molecular complexity index is 487. The van der Waals surface area contributed by atoms with Crippen LogP contribution < -0.4 is 0 Å². The lowest BCUT2D eigenvalue weighted by atomic mass is 10.1. The van der Waals surface area contributed by atoms with Gasteiger partial charge in [0.2, 0.25) is 0 Å². The standard InChI is InChI=1S/C16H27N3O3/c1-5-13-10-19(7-6-18(13)8-9-21-4)16(20)14-15(12(2)3)22-11-17-14/h11-13H,5-10H2,1-4H3.